The van der Waals surface area contributed by atoms with Gasteiger partial charge in [-0.15, -0.1) is 5.69 Å². The van der Waals surface area contributed by atoms with Gasteiger partial charge in [0.15, 0.2) is 0 Å². The van der Waals surface area contributed by atoms with E-state index >= 15 is 0 Å². The molecular weight excluding hydrogens is 274 g/mol. The summed E-state index contributed by atoms with van der Waals surface area (Å²) in [6.07, 6.45) is 1.16. The predicted octanol–water partition coefficient (Wildman–Crippen LogP) is 2.61. The molecule has 0 aliphatic carbocycles. The van der Waals surface area contributed by atoms with Crippen molar-refractivity contribution < 1.29 is 31.9 Å². The van der Waals surface area contributed by atoms with E-state index in [-0.39, 0.29) is 21.7 Å². The van der Waals surface area contributed by atoms with Crippen LogP contribution in [0, 0.1) is 19.9 Å². The van der Waals surface area contributed by atoms with Crippen LogP contribution in [0.5, 0.6) is 0 Å². The Morgan fingerprint density at radius 3 is 1.74 bits per heavy atom. The second-order valence-electron chi connectivity index (χ2n) is 3.37. The summed E-state index contributed by atoms with van der Waals surface area (Å²) in [4.78, 5) is 3.08. The topological polar surface area (TPSA) is 56.2 Å². The van der Waals surface area contributed by atoms with E-state index in [2.05, 4.69) is 42.2 Å². The Morgan fingerprint density at radius 1 is 1.11 bits per heavy atom. The Balaban J connectivity index is -0.000000205. The second kappa shape index (κ2) is 17.3. The third-order valence-corrected chi connectivity index (χ3v) is 2.03. The molecule has 0 unspecified atom stereocenters. The number of aryl methyl sites for hydroxylation is 3. The number of hydrogen-bond acceptors (Lipinski definition) is 2. The maximum atomic E-state index is 7.00. The maximum absolute atomic E-state index is 7.00. The fraction of sp³-hybridized carbons (Fsp3) is 0.400. The van der Waals surface area contributed by atoms with Crippen LogP contribution in [0.4, 0.5) is 0 Å². The van der Waals surface area contributed by atoms with Gasteiger partial charge in [0.2, 0.25) is 0 Å². The van der Waals surface area contributed by atoms with Crippen molar-refractivity contribution in [2.45, 2.75) is 27.2 Å². The Labute approximate surface area is 131 Å². The molecule has 1 aromatic heterocycles. The summed E-state index contributed by atoms with van der Waals surface area (Å²) in [5.41, 5.74) is 3.72. The van der Waals surface area contributed by atoms with Gasteiger partial charge in [0.1, 0.15) is 0 Å². The summed E-state index contributed by atoms with van der Waals surface area (Å²) in [6, 6.07) is 13.4. The van der Waals surface area contributed by atoms with Gasteiger partial charge in [-0.2, -0.15) is 17.7 Å². The largest absolute Gasteiger partial charge is 2.00 e. The summed E-state index contributed by atoms with van der Waals surface area (Å²) < 4.78 is 0. The van der Waals surface area contributed by atoms with Gasteiger partial charge < -0.3 is 15.2 Å². The molecule has 0 radical (unpaired) electrons. The molecule has 0 bridgehead atoms. The van der Waals surface area contributed by atoms with Crippen molar-refractivity contribution in [2.24, 2.45) is 0 Å². The first-order valence-electron chi connectivity index (χ1n) is 5.86. The molecule has 19 heavy (non-hydrogen) atoms. The fourth-order valence-electron chi connectivity index (χ4n) is 1.23. The molecule has 1 aromatic carbocycles. The maximum Gasteiger partial charge on any atom is 2.00 e. The van der Waals surface area contributed by atoms with Crippen molar-refractivity contribution in [1.82, 2.24) is 4.98 Å². The van der Waals surface area contributed by atoms with Crippen LogP contribution in [-0.2, 0) is 28.1 Å². The molecule has 4 heteroatoms. The number of aliphatic hydroxyl groups is 2. The van der Waals surface area contributed by atoms with Crippen LogP contribution in [0.1, 0.15) is 23.9 Å². The average molecular weight is 299 g/mol. The summed E-state index contributed by atoms with van der Waals surface area (Å²) in [6.45, 7) is 6.17. The van der Waals surface area contributed by atoms with Crippen molar-refractivity contribution in [3.8, 4) is 0 Å². The molecule has 2 aromatic rings. The quantitative estimate of drug-likeness (QED) is 0.560. The van der Waals surface area contributed by atoms with E-state index in [0.29, 0.717) is 0 Å². The Bertz CT molecular complexity index is 339. The third-order valence-electron chi connectivity index (χ3n) is 2.03. The van der Waals surface area contributed by atoms with Gasteiger partial charge in [0, 0.05) is 14.2 Å². The molecule has 106 valence electrons. The average Bonchev–Trinajstić information content (AvgIpc) is 3.06. The molecule has 0 atom stereocenters. The number of aliphatic hydroxyl groups excluding tert-OH is 2. The molecular formula is C15H25NO2Ti. The van der Waals surface area contributed by atoms with Crippen LogP contribution in [0.2, 0.25) is 0 Å². The van der Waals surface area contributed by atoms with Crippen LogP contribution in [-0.4, -0.2) is 29.4 Å². The first-order chi connectivity index (χ1) is 8.72. The monoisotopic (exact) mass is 299 g/mol. The molecule has 0 saturated heterocycles. The molecule has 0 aliphatic rings. The van der Waals surface area contributed by atoms with E-state index in [1.54, 1.807) is 0 Å². The number of aromatic nitrogens is 1. The number of rotatable bonds is 1. The van der Waals surface area contributed by atoms with Gasteiger partial charge in [0.05, 0.1) is 0 Å². The second-order valence-corrected chi connectivity index (χ2v) is 3.37. The minimum absolute atomic E-state index is 0. The van der Waals surface area contributed by atoms with Crippen molar-refractivity contribution in [2.75, 3.05) is 14.2 Å². The van der Waals surface area contributed by atoms with E-state index in [9.17, 15) is 0 Å². The molecule has 0 saturated carbocycles. The van der Waals surface area contributed by atoms with Crippen LogP contribution in [0.25, 0.3) is 0 Å². The molecule has 0 spiro atoms. The minimum atomic E-state index is 0. The fourth-order valence-corrected chi connectivity index (χ4v) is 1.23. The zero-order chi connectivity index (χ0) is 14.4. The molecule has 3 nitrogen and oxygen atoms in total. The third kappa shape index (κ3) is 13.5. The van der Waals surface area contributed by atoms with Crippen LogP contribution in [0.15, 0.2) is 30.3 Å². The van der Waals surface area contributed by atoms with E-state index in [1.807, 2.05) is 19.9 Å². The van der Waals surface area contributed by atoms with Gasteiger partial charge in [-0.3, -0.25) is 0 Å². The summed E-state index contributed by atoms with van der Waals surface area (Å²) in [7, 11) is 2.00. The summed E-state index contributed by atoms with van der Waals surface area (Å²) >= 11 is 0. The van der Waals surface area contributed by atoms with Crippen LogP contribution in [0.3, 0.4) is 0 Å². The van der Waals surface area contributed by atoms with E-state index in [0.717, 1.165) is 26.3 Å². The van der Waals surface area contributed by atoms with Crippen molar-refractivity contribution in [3.05, 3.63) is 53.3 Å². The molecule has 0 amide bonds. The van der Waals surface area contributed by atoms with Gasteiger partial charge in [-0.1, -0.05) is 26.0 Å². The smallest absolute Gasteiger partial charge is 0.456 e. The number of nitrogens with one attached hydrogen (secondary N) is 1. The van der Waals surface area contributed by atoms with Crippen molar-refractivity contribution >= 4 is 0 Å². The van der Waals surface area contributed by atoms with E-state index < -0.39 is 0 Å². The summed E-state index contributed by atoms with van der Waals surface area (Å²) in [5.74, 6) is 0. The molecule has 0 fully saturated rings. The van der Waals surface area contributed by atoms with E-state index in [1.165, 1.54) is 11.3 Å². The minimum Gasteiger partial charge on any atom is -0.456 e. The standard InChI is InChI=1S/C7H9.C6H8N.2CH4O.Ti/c1-2-7-5-3-4-6-7;1-5-3-4-6(2)7-5;2*1-2;/h3-6H,2H2,1H3;3,7H,1-2H3;2*2H,1H3;/q2*-1;;;+2. The normalized spacial score (nSPS) is 7.53. The molecule has 0 aliphatic heterocycles. The van der Waals surface area contributed by atoms with Gasteiger partial charge in [-0.05, 0) is 6.92 Å². The first kappa shape index (κ1) is 23.4. The van der Waals surface area contributed by atoms with Gasteiger partial charge >= 0.3 is 21.7 Å². The van der Waals surface area contributed by atoms with Gasteiger partial charge in [-0.25, -0.2) is 24.3 Å². The Morgan fingerprint density at radius 2 is 1.58 bits per heavy atom. The van der Waals surface area contributed by atoms with Gasteiger partial charge in [0.25, 0.3) is 0 Å². The summed E-state index contributed by atoms with van der Waals surface area (Å²) in [5, 5.41) is 14.0. The molecule has 1 heterocycles. The number of H-pyrrole nitrogens is 1. The zero-order valence-corrected chi connectivity index (χ0v) is 14.0. The number of hydrogen-bond donors (Lipinski definition) is 3. The Kier molecular flexibility index (Phi) is 21.2. The molecule has 2 rings (SSSR count). The SMILES string of the molecule is CC[c-]1cccc1.CO.CO.Cc1[c-]cc(C)[nH]1.[Ti+2]. The molecule has 3 N–H and O–H groups in total. The van der Waals surface area contributed by atoms with E-state index in [4.69, 9.17) is 10.2 Å². The number of aromatic amines is 1. The van der Waals surface area contributed by atoms with Crippen molar-refractivity contribution in [3.63, 3.8) is 0 Å². The first-order valence-corrected chi connectivity index (χ1v) is 5.86. The van der Waals surface area contributed by atoms with Crippen molar-refractivity contribution in [1.29, 1.82) is 0 Å². The Hall–Kier alpha value is -0.736. The predicted molar refractivity (Wildman–Crippen MR) is 76.8 cm³/mol. The van der Waals surface area contributed by atoms with Crippen LogP contribution < -0.4 is 0 Å². The van der Waals surface area contributed by atoms with Crippen LogP contribution >= 0.6 is 0 Å². The zero-order valence-electron chi connectivity index (χ0n) is 12.5.